The standard InChI is InChI=1S/C10H4BrF9O/c11-4-2-1-3-5(6(4)8(12,13)14)21-7(9(15,16)17)10(18,19)20/h1-3,7H. The van der Waals surface area contributed by atoms with Crippen LogP contribution in [0.1, 0.15) is 5.56 Å². The van der Waals surface area contributed by atoms with Gasteiger partial charge in [0.25, 0.3) is 6.10 Å². The van der Waals surface area contributed by atoms with Gasteiger partial charge in [0.15, 0.2) is 0 Å². The third-order valence-corrected chi connectivity index (χ3v) is 2.76. The number of rotatable bonds is 2. The van der Waals surface area contributed by atoms with Crippen LogP contribution in [0.3, 0.4) is 0 Å². The average molecular weight is 391 g/mol. The highest BCUT2D eigenvalue weighted by Crippen LogP contribution is 2.44. The van der Waals surface area contributed by atoms with Crippen molar-refractivity contribution in [2.45, 2.75) is 24.6 Å². The van der Waals surface area contributed by atoms with Crippen LogP contribution in [0.15, 0.2) is 22.7 Å². The molecule has 0 heterocycles. The van der Waals surface area contributed by atoms with Gasteiger partial charge in [0, 0.05) is 4.47 Å². The van der Waals surface area contributed by atoms with Crippen molar-refractivity contribution in [1.82, 2.24) is 0 Å². The maximum Gasteiger partial charge on any atom is 0.434 e. The van der Waals surface area contributed by atoms with Gasteiger partial charge in [-0.1, -0.05) is 22.0 Å². The normalized spacial score (nSPS) is 13.7. The first-order valence-corrected chi connectivity index (χ1v) is 5.69. The van der Waals surface area contributed by atoms with E-state index >= 15 is 0 Å². The predicted octanol–water partition coefficient (Wildman–Crippen LogP) is 5.34. The lowest BCUT2D eigenvalue weighted by Gasteiger charge is -2.25. The van der Waals surface area contributed by atoms with Gasteiger partial charge in [0.1, 0.15) is 11.3 Å². The van der Waals surface area contributed by atoms with Gasteiger partial charge in [-0.25, -0.2) is 0 Å². The molecular formula is C10H4BrF9O. The zero-order valence-corrected chi connectivity index (χ0v) is 11.1. The number of hydrogen-bond donors (Lipinski definition) is 0. The second kappa shape index (κ2) is 5.58. The lowest BCUT2D eigenvalue weighted by molar-refractivity contribution is -0.300. The minimum absolute atomic E-state index is 0.373. The Balaban J connectivity index is 3.33. The summed E-state index contributed by atoms with van der Waals surface area (Å²) in [6.07, 6.45) is -21.4. The fourth-order valence-corrected chi connectivity index (χ4v) is 1.90. The van der Waals surface area contributed by atoms with Crippen molar-refractivity contribution in [1.29, 1.82) is 0 Å². The summed E-state index contributed by atoms with van der Waals surface area (Å²) in [5, 5.41) is 0. The van der Waals surface area contributed by atoms with Gasteiger partial charge in [0.2, 0.25) is 0 Å². The van der Waals surface area contributed by atoms with Crippen LogP contribution in [0, 0.1) is 0 Å². The first kappa shape index (κ1) is 17.9. The van der Waals surface area contributed by atoms with Gasteiger partial charge < -0.3 is 4.74 Å². The van der Waals surface area contributed by atoms with E-state index in [-0.39, 0.29) is 0 Å². The molecule has 120 valence electrons. The Morgan fingerprint density at radius 3 is 1.71 bits per heavy atom. The lowest BCUT2D eigenvalue weighted by Crippen LogP contribution is -2.46. The molecule has 0 atom stereocenters. The summed E-state index contributed by atoms with van der Waals surface area (Å²) < 4.78 is 115. The first-order valence-electron chi connectivity index (χ1n) is 4.90. The van der Waals surface area contributed by atoms with E-state index in [0.717, 1.165) is 12.1 Å². The van der Waals surface area contributed by atoms with Crippen molar-refractivity contribution in [3.63, 3.8) is 0 Å². The van der Waals surface area contributed by atoms with Crippen molar-refractivity contribution in [3.8, 4) is 5.75 Å². The number of benzene rings is 1. The van der Waals surface area contributed by atoms with Gasteiger partial charge in [-0.3, -0.25) is 0 Å². The van der Waals surface area contributed by atoms with Gasteiger partial charge in [0.05, 0.1) is 0 Å². The maximum atomic E-state index is 12.7. The summed E-state index contributed by atoms with van der Waals surface area (Å²) in [6, 6.07) is 2.00. The molecule has 21 heavy (non-hydrogen) atoms. The van der Waals surface area contributed by atoms with E-state index in [1.165, 1.54) is 0 Å². The molecule has 11 heteroatoms. The minimum atomic E-state index is -5.91. The molecule has 0 spiro atoms. The molecule has 0 radical (unpaired) electrons. The van der Waals surface area contributed by atoms with Crippen LogP contribution in [-0.4, -0.2) is 18.5 Å². The molecule has 0 bridgehead atoms. The smallest absolute Gasteiger partial charge is 0.434 e. The lowest BCUT2D eigenvalue weighted by atomic mass is 10.2. The Morgan fingerprint density at radius 1 is 0.857 bits per heavy atom. The van der Waals surface area contributed by atoms with Crippen LogP contribution in [0.2, 0.25) is 0 Å². The van der Waals surface area contributed by atoms with Crippen molar-refractivity contribution >= 4 is 15.9 Å². The highest BCUT2D eigenvalue weighted by Gasteiger charge is 2.59. The molecule has 0 aliphatic carbocycles. The second-order valence-electron chi connectivity index (χ2n) is 3.69. The first-order chi connectivity index (χ1) is 9.24. The Hall–Kier alpha value is -1.13. The van der Waals surface area contributed by atoms with E-state index in [1.54, 1.807) is 0 Å². The molecule has 0 N–H and O–H groups in total. The molecule has 0 amide bonds. The summed E-state index contributed by atoms with van der Waals surface area (Å²) in [5.41, 5.74) is -1.76. The van der Waals surface area contributed by atoms with Crippen LogP contribution in [0.5, 0.6) is 5.75 Å². The molecule has 0 aliphatic heterocycles. The molecule has 1 aromatic carbocycles. The van der Waals surface area contributed by atoms with E-state index < -0.39 is 40.4 Å². The van der Waals surface area contributed by atoms with Gasteiger partial charge >= 0.3 is 18.5 Å². The number of ether oxygens (including phenoxy) is 1. The Labute approximate surface area is 119 Å². The van der Waals surface area contributed by atoms with Crippen LogP contribution in [0.25, 0.3) is 0 Å². The van der Waals surface area contributed by atoms with E-state index in [1.807, 2.05) is 0 Å². The van der Waals surface area contributed by atoms with Crippen LogP contribution < -0.4 is 4.74 Å². The molecule has 0 aliphatic rings. The fraction of sp³-hybridized carbons (Fsp3) is 0.400. The zero-order valence-electron chi connectivity index (χ0n) is 9.50. The summed E-state index contributed by atoms with van der Waals surface area (Å²) in [7, 11) is 0. The van der Waals surface area contributed by atoms with Crippen molar-refractivity contribution < 1.29 is 44.3 Å². The average Bonchev–Trinajstić information content (AvgIpc) is 2.20. The molecule has 0 aromatic heterocycles. The molecule has 0 saturated heterocycles. The number of halogens is 10. The summed E-state index contributed by atoms with van der Waals surface area (Å²) in [5.74, 6) is -1.57. The van der Waals surface area contributed by atoms with E-state index in [0.29, 0.717) is 6.07 Å². The van der Waals surface area contributed by atoms with E-state index in [2.05, 4.69) is 20.7 Å². The van der Waals surface area contributed by atoms with Crippen molar-refractivity contribution in [2.75, 3.05) is 0 Å². The Morgan fingerprint density at radius 2 is 1.33 bits per heavy atom. The molecular weight excluding hydrogens is 387 g/mol. The molecule has 1 aromatic rings. The van der Waals surface area contributed by atoms with Crippen LogP contribution >= 0.6 is 15.9 Å². The summed E-state index contributed by atoms with van der Waals surface area (Å²) in [6.45, 7) is 0. The van der Waals surface area contributed by atoms with Gasteiger partial charge in [-0.2, -0.15) is 39.5 Å². The summed E-state index contributed by atoms with van der Waals surface area (Å²) in [4.78, 5) is 0. The van der Waals surface area contributed by atoms with Crippen molar-refractivity contribution in [3.05, 3.63) is 28.2 Å². The van der Waals surface area contributed by atoms with Gasteiger partial charge in [-0.15, -0.1) is 0 Å². The predicted molar refractivity (Wildman–Crippen MR) is 55.7 cm³/mol. The topological polar surface area (TPSA) is 9.23 Å². The largest absolute Gasteiger partial charge is 0.471 e. The van der Waals surface area contributed by atoms with E-state index in [9.17, 15) is 39.5 Å². The molecule has 0 fully saturated rings. The van der Waals surface area contributed by atoms with Gasteiger partial charge in [-0.05, 0) is 12.1 Å². The summed E-state index contributed by atoms with van der Waals surface area (Å²) >= 11 is 2.41. The van der Waals surface area contributed by atoms with Crippen LogP contribution in [-0.2, 0) is 6.18 Å². The minimum Gasteiger partial charge on any atom is -0.471 e. The SMILES string of the molecule is FC(F)(F)c1c(Br)cccc1OC(C(F)(F)F)C(F)(F)F. The molecule has 0 unspecified atom stereocenters. The fourth-order valence-electron chi connectivity index (χ4n) is 1.32. The van der Waals surface area contributed by atoms with Crippen LogP contribution in [0.4, 0.5) is 39.5 Å². The molecule has 1 rings (SSSR count). The monoisotopic (exact) mass is 390 g/mol. The highest BCUT2D eigenvalue weighted by molar-refractivity contribution is 9.10. The van der Waals surface area contributed by atoms with E-state index in [4.69, 9.17) is 0 Å². The Kier molecular flexibility index (Phi) is 4.76. The third kappa shape index (κ3) is 4.42. The Bertz CT molecular complexity index is 489. The number of alkyl halides is 9. The maximum absolute atomic E-state index is 12.7. The zero-order chi connectivity index (χ0) is 16.6. The second-order valence-corrected chi connectivity index (χ2v) is 4.55. The quantitative estimate of drug-likeness (QED) is 0.619. The van der Waals surface area contributed by atoms with Crippen molar-refractivity contribution in [2.24, 2.45) is 0 Å². The number of hydrogen-bond acceptors (Lipinski definition) is 1. The molecule has 0 saturated carbocycles. The highest BCUT2D eigenvalue weighted by atomic mass is 79.9. The molecule has 1 nitrogen and oxygen atoms in total. The third-order valence-electron chi connectivity index (χ3n) is 2.10.